The lowest BCUT2D eigenvalue weighted by molar-refractivity contribution is -0.117. The predicted molar refractivity (Wildman–Crippen MR) is 119 cm³/mol. The van der Waals surface area contributed by atoms with Crippen LogP contribution in [0.25, 0.3) is 0 Å². The van der Waals surface area contributed by atoms with Gasteiger partial charge in [0, 0.05) is 41.5 Å². The highest BCUT2D eigenvalue weighted by atomic mass is 32.2. The van der Waals surface area contributed by atoms with Gasteiger partial charge in [0.05, 0.1) is 0 Å². The van der Waals surface area contributed by atoms with E-state index in [-0.39, 0.29) is 11.3 Å². The van der Waals surface area contributed by atoms with E-state index in [0.717, 1.165) is 35.7 Å². The molecule has 1 amide bonds. The third kappa shape index (κ3) is 4.22. The molecule has 2 aromatic rings. The van der Waals surface area contributed by atoms with Crippen LogP contribution >= 0.6 is 11.8 Å². The van der Waals surface area contributed by atoms with Crippen molar-refractivity contribution in [3.8, 4) is 0 Å². The standard InChI is InChI=1S/C24H30N2OS/c1-16-5-6-19-15-26(9-10-28-21(19)11-16)20-12-17(2)23(18(3)13-20)25-22(27)14-24(4)7-8-24/h5-6,11-13H,7-10,14-15H2,1-4H3,(H,25,27). The van der Waals surface area contributed by atoms with E-state index >= 15 is 0 Å². The quantitative estimate of drug-likeness (QED) is 0.706. The number of carbonyl (C=O) groups is 1. The molecule has 0 atom stereocenters. The molecule has 3 nitrogen and oxygen atoms in total. The Kier molecular flexibility index (Phi) is 5.17. The van der Waals surface area contributed by atoms with E-state index in [2.05, 4.69) is 68.2 Å². The number of nitrogens with one attached hydrogen (secondary N) is 1. The molecule has 4 heteroatoms. The number of thioether (sulfide) groups is 1. The van der Waals surface area contributed by atoms with E-state index in [1.165, 1.54) is 34.6 Å². The second-order valence-corrected chi connectivity index (χ2v) is 10.0. The minimum atomic E-state index is 0.148. The van der Waals surface area contributed by atoms with E-state index in [0.29, 0.717) is 6.42 Å². The second kappa shape index (κ2) is 7.47. The summed E-state index contributed by atoms with van der Waals surface area (Å²) in [5.74, 6) is 1.24. The first kappa shape index (κ1) is 19.4. The van der Waals surface area contributed by atoms with Crippen molar-refractivity contribution >= 4 is 29.0 Å². The fourth-order valence-corrected chi connectivity index (χ4v) is 5.10. The van der Waals surface area contributed by atoms with Crippen molar-refractivity contribution in [2.75, 3.05) is 22.5 Å². The Morgan fingerprint density at radius 1 is 1.14 bits per heavy atom. The zero-order valence-electron chi connectivity index (χ0n) is 17.4. The average Bonchev–Trinajstić information content (AvgIpc) is 3.39. The first-order valence-corrected chi connectivity index (χ1v) is 11.2. The van der Waals surface area contributed by atoms with Crippen LogP contribution < -0.4 is 10.2 Å². The summed E-state index contributed by atoms with van der Waals surface area (Å²) >= 11 is 1.95. The van der Waals surface area contributed by atoms with E-state index < -0.39 is 0 Å². The number of benzene rings is 2. The van der Waals surface area contributed by atoms with Crippen molar-refractivity contribution in [3.63, 3.8) is 0 Å². The number of anilines is 2. The summed E-state index contributed by atoms with van der Waals surface area (Å²) in [7, 11) is 0. The maximum absolute atomic E-state index is 12.4. The largest absolute Gasteiger partial charge is 0.366 e. The number of carbonyl (C=O) groups excluding carboxylic acids is 1. The number of nitrogens with zero attached hydrogens (tertiary/aromatic N) is 1. The SMILES string of the molecule is Cc1ccc2c(c1)SCCN(c1cc(C)c(NC(=O)CC3(C)CC3)c(C)c1)C2. The molecule has 148 valence electrons. The van der Waals surface area contributed by atoms with Gasteiger partial charge in [0.25, 0.3) is 0 Å². The molecule has 2 aliphatic rings. The van der Waals surface area contributed by atoms with E-state index in [1.807, 2.05) is 11.8 Å². The molecule has 28 heavy (non-hydrogen) atoms. The van der Waals surface area contributed by atoms with Crippen LogP contribution in [-0.2, 0) is 11.3 Å². The van der Waals surface area contributed by atoms with Crippen molar-refractivity contribution in [2.24, 2.45) is 5.41 Å². The number of fused-ring (bicyclic) bond motifs is 1. The average molecular weight is 395 g/mol. The van der Waals surface area contributed by atoms with Gasteiger partial charge in [0.2, 0.25) is 5.91 Å². The first-order valence-electron chi connectivity index (χ1n) is 10.2. The summed E-state index contributed by atoms with van der Waals surface area (Å²) in [6.45, 7) is 10.5. The molecule has 4 rings (SSSR count). The molecular weight excluding hydrogens is 364 g/mol. The Hall–Kier alpha value is -1.94. The molecule has 1 aliphatic heterocycles. The van der Waals surface area contributed by atoms with Gasteiger partial charge in [-0.2, -0.15) is 0 Å². The summed E-state index contributed by atoms with van der Waals surface area (Å²) in [5.41, 5.74) is 7.48. The number of amides is 1. The number of rotatable bonds is 4. The molecule has 2 aromatic carbocycles. The van der Waals surface area contributed by atoms with Gasteiger partial charge in [-0.25, -0.2) is 0 Å². The molecule has 0 bridgehead atoms. The van der Waals surface area contributed by atoms with Crippen molar-refractivity contribution in [2.45, 2.75) is 58.4 Å². The minimum Gasteiger partial charge on any atom is -0.366 e. The summed E-state index contributed by atoms with van der Waals surface area (Å²) in [6.07, 6.45) is 2.98. The third-order valence-electron chi connectivity index (χ3n) is 6.04. The van der Waals surface area contributed by atoms with Gasteiger partial charge >= 0.3 is 0 Å². The second-order valence-electron chi connectivity index (χ2n) is 8.87. The molecule has 1 N–H and O–H groups in total. The van der Waals surface area contributed by atoms with E-state index in [4.69, 9.17) is 0 Å². The highest BCUT2D eigenvalue weighted by molar-refractivity contribution is 7.99. The lowest BCUT2D eigenvalue weighted by atomic mass is 10.0. The molecular formula is C24H30N2OS. The molecule has 0 saturated heterocycles. The van der Waals surface area contributed by atoms with Crippen molar-refractivity contribution < 1.29 is 4.79 Å². The number of hydrogen-bond acceptors (Lipinski definition) is 3. The van der Waals surface area contributed by atoms with E-state index in [9.17, 15) is 4.79 Å². The monoisotopic (exact) mass is 394 g/mol. The van der Waals surface area contributed by atoms with Crippen LogP contribution in [0.4, 0.5) is 11.4 Å². The van der Waals surface area contributed by atoms with Gasteiger partial charge in [-0.15, -0.1) is 11.8 Å². The van der Waals surface area contributed by atoms with Gasteiger partial charge in [-0.3, -0.25) is 4.79 Å². The first-order chi connectivity index (χ1) is 13.3. The minimum absolute atomic E-state index is 0.148. The van der Waals surface area contributed by atoms with Crippen LogP contribution in [0.1, 0.15) is 48.4 Å². The van der Waals surface area contributed by atoms with Crippen LogP contribution in [0, 0.1) is 26.2 Å². The predicted octanol–water partition coefficient (Wildman–Crippen LogP) is 5.85. The fourth-order valence-electron chi connectivity index (χ4n) is 3.98. The molecule has 0 aromatic heterocycles. The summed E-state index contributed by atoms with van der Waals surface area (Å²) in [4.78, 5) is 16.3. The molecule has 1 saturated carbocycles. The lowest BCUT2D eigenvalue weighted by Gasteiger charge is -2.25. The Morgan fingerprint density at radius 3 is 2.54 bits per heavy atom. The molecule has 0 unspecified atom stereocenters. The highest BCUT2D eigenvalue weighted by Crippen LogP contribution is 2.48. The van der Waals surface area contributed by atoms with Crippen molar-refractivity contribution in [1.82, 2.24) is 0 Å². The Morgan fingerprint density at radius 2 is 1.86 bits per heavy atom. The van der Waals surface area contributed by atoms with Crippen LogP contribution in [0.3, 0.4) is 0 Å². The van der Waals surface area contributed by atoms with Gasteiger partial charge in [0.15, 0.2) is 0 Å². The van der Waals surface area contributed by atoms with Crippen LogP contribution in [0.15, 0.2) is 35.2 Å². The normalized spacial score (nSPS) is 17.6. The molecule has 0 spiro atoms. The topological polar surface area (TPSA) is 32.3 Å². The highest BCUT2D eigenvalue weighted by Gasteiger charge is 2.39. The van der Waals surface area contributed by atoms with Crippen LogP contribution in [0.2, 0.25) is 0 Å². The zero-order valence-corrected chi connectivity index (χ0v) is 18.2. The van der Waals surface area contributed by atoms with Crippen molar-refractivity contribution in [3.05, 3.63) is 52.6 Å². The van der Waals surface area contributed by atoms with Crippen molar-refractivity contribution in [1.29, 1.82) is 0 Å². The Balaban J connectivity index is 1.54. The Bertz CT molecular complexity index is 894. The Labute approximate surface area is 172 Å². The molecule has 1 heterocycles. The maximum atomic E-state index is 12.4. The number of hydrogen-bond donors (Lipinski definition) is 1. The summed E-state index contributed by atoms with van der Waals surface area (Å²) < 4.78 is 0. The smallest absolute Gasteiger partial charge is 0.224 e. The van der Waals surface area contributed by atoms with E-state index in [1.54, 1.807) is 0 Å². The maximum Gasteiger partial charge on any atom is 0.224 e. The molecule has 1 aliphatic carbocycles. The summed E-state index contributed by atoms with van der Waals surface area (Å²) in [5, 5.41) is 3.18. The molecule has 1 fully saturated rings. The van der Waals surface area contributed by atoms with Gasteiger partial charge in [-0.1, -0.05) is 19.1 Å². The van der Waals surface area contributed by atoms with Crippen LogP contribution in [-0.4, -0.2) is 18.2 Å². The lowest BCUT2D eigenvalue weighted by Crippen LogP contribution is -2.24. The fraction of sp³-hybridized carbons (Fsp3) is 0.458. The zero-order chi connectivity index (χ0) is 19.9. The van der Waals surface area contributed by atoms with Crippen LogP contribution in [0.5, 0.6) is 0 Å². The number of aryl methyl sites for hydroxylation is 3. The molecule has 0 radical (unpaired) electrons. The van der Waals surface area contributed by atoms with Gasteiger partial charge in [0.1, 0.15) is 0 Å². The third-order valence-corrected chi connectivity index (χ3v) is 7.12. The van der Waals surface area contributed by atoms with Gasteiger partial charge < -0.3 is 10.2 Å². The summed E-state index contributed by atoms with van der Waals surface area (Å²) in [6, 6.07) is 11.2. The van der Waals surface area contributed by atoms with Gasteiger partial charge in [-0.05, 0) is 79.5 Å².